The summed E-state index contributed by atoms with van der Waals surface area (Å²) in [5.74, 6) is -0.316. The zero-order valence-corrected chi connectivity index (χ0v) is 11.4. The third kappa shape index (κ3) is 2.40. The first-order valence-corrected chi connectivity index (χ1v) is 6.68. The predicted molar refractivity (Wildman–Crippen MR) is 71.3 cm³/mol. The van der Waals surface area contributed by atoms with Crippen molar-refractivity contribution in [3.8, 4) is 0 Å². The third-order valence-electron chi connectivity index (χ3n) is 3.92. The standard InChI is InChI=1S/C14H19ClFNO/c1-18-8-10-6-11(13(16)12(15)7-10)14(9-17)4-2-3-5-14/h6-7H,2-5,8-9,17H2,1H3. The van der Waals surface area contributed by atoms with Gasteiger partial charge in [0.1, 0.15) is 5.82 Å². The van der Waals surface area contributed by atoms with Crippen molar-refractivity contribution < 1.29 is 9.13 Å². The summed E-state index contributed by atoms with van der Waals surface area (Å²) in [6.45, 7) is 0.907. The van der Waals surface area contributed by atoms with Crippen molar-refractivity contribution >= 4 is 11.6 Å². The van der Waals surface area contributed by atoms with Crippen LogP contribution in [-0.4, -0.2) is 13.7 Å². The molecular weight excluding hydrogens is 253 g/mol. The second-order valence-corrected chi connectivity index (χ2v) is 5.47. The average Bonchev–Trinajstić information content (AvgIpc) is 2.83. The molecule has 1 fully saturated rings. The van der Waals surface area contributed by atoms with Crippen LogP contribution in [0, 0.1) is 5.82 Å². The Labute approximate surface area is 112 Å². The van der Waals surface area contributed by atoms with Gasteiger partial charge in [0.25, 0.3) is 0 Å². The van der Waals surface area contributed by atoms with E-state index in [9.17, 15) is 4.39 Å². The fourth-order valence-electron chi connectivity index (χ4n) is 2.92. The number of ether oxygens (including phenoxy) is 1. The minimum Gasteiger partial charge on any atom is -0.380 e. The highest BCUT2D eigenvalue weighted by molar-refractivity contribution is 6.30. The first-order chi connectivity index (χ1) is 8.63. The zero-order valence-electron chi connectivity index (χ0n) is 10.6. The highest BCUT2D eigenvalue weighted by atomic mass is 35.5. The number of hydrogen-bond donors (Lipinski definition) is 1. The third-order valence-corrected chi connectivity index (χ3v) is 4.20. The fraction of sp³-hybridized carbons (Fsp3) is 0.571. The van der Waals surface area contributed by atoms with Gasteiger partial charge in [-0.25, -0.2) is 4.39 Å². The molecule has 18 heavy (non-hydrogen) atoms. The van der Waals surface area contributed by atoms with Gasteiger partial charge in [0.05, 0.1) is 11.6 Å². The Morgan fingerprint density at radius 1 is 1.39 bits per heavy atom. The van der Waals surface area contributed by atoms with Gasteiger partial charge in [-0.2, -0.15) is 0 Å². The summed E-state index contributed by atoms with van der Waals surface area (Å²) in [5.41, 5.74) is 7.23. The van der Waals surface area contributed by atoms with Crippen LogP contribution in [0.15, 0.2) is 12.1 Å². The second-order valence-electron chi connectivity index (χ2n) is 5.06. The number of hydrogen-bond acceptors (Lipinski definition) is 2. The average molecular weight is 272 g/mol. The monoisotopic (exact) mass is 271 g/mol. The molecule has 1 aliphatic carbocycles. The molecule has 0 radical (unpaired) electrons. The highest BCUT2D eigenvalue weighted by Crippen LogP contribution is 2.42. The molecule has 1 aromatic rings. The van der Waals surface area contributed by atoms with Gasteiger partial charge < -0.3 is 10.5 Å². The molecule has 0 aromatic heterocycles. The molecule has 1 aromatic carbocycles. The Kier molecular flexibility index (Phi) is 4.25. The van der Waals surface area contributed by atoms with Gasteiger partial charge in [-0.15, -0.1) is 0 Å². The van der Waals surface area contributed by atoms with Gasteiger partial charge in [0, 0.05) is 19.1 Å². The van der Waals surface area contributed by atoms with Crippen molar-refractivity contribution in [2.24, 2.45) is 5.73 Å². The van der Waals surface area contributed by atoms with Crippen LogP contribution in [0.1, 0.15) is 36.8 Å². The molecular formula is C14H19ClFNO. The van der Waals surface area contributed by atoms with E-state index in [-0.39, 0.29) is 16.3 Å². The Morgan fingerprint density at radius 2 is 2.06 bits per heavy atom. The molecule has 0 atom stereocenters. The van der Waals surface area contributed by atoms with Gasteiger partial charge in [-0.3, -0.25) is 0 Å². The molecule has 1 saturated carbocycles. The van der Waals surface area contributed by atoms with Crippen molar-refractivity contribution in [3.05, 3.63) is 34.1 Å². The van der Waals surface area contributed by atoms with E-state index in [1.165, 1.54) is 0 Å². The number of methoxy groups -OCH3 is 1. The molecule has 0 heterocycles. The Bertz CT molecular complexity index is 430. The van der Waals surface area contributed by atoms with Crippen LogP contribution in [0.25, 0.3) is 0 Å². The lowest BCUT2D eigenvalue weighted by atomic mass is 9.78. The van der Waals surface area contributed by atoms with Crippen LogP contribution in [0.2, 0.25) is 5.02 Å². The van der Waals surface area contributed by atoms with Gasteiger partial charge in [0.2, 0.25) is 0 Å². The van der Waals surface area contributed by atoms with E-state index in [1.807, 2.05) is 6.07 Å². The van der Waals surface area contributed by atoms with E-state index in [4.69, 9.17) is 22.1 Å². The number of halogens is 2. The normalized spacial score (nSPS) is 18.2. The Balaban J connectivity index is 2.47. The molecule has 2 nitrogen and oxygen atoms in total. The minimum absolute atomic E-state index is 0.166. The van der Waals surface area contributed by atoms with Crippen molar-refractivity contribution in [2.75, 3.05) is 13.7 Å². The van der Waals surface area contributed by atoms with Crippen LogP contribution in [0.5, 0.6) is 0 Å². The molecule has 0 aliphatic heterocycles. The molecule has 1 aliphatic rings. The summed E-state index contributed by atoms with van der Waals surface area (Å²) in [4.78, 5) is 0. The van der Waals surface area contributed by atoms with Gasteiger partial charge in [-0.05, 0) is 36.1 Å². The molecule has 4 heteroatoms. The molecule has 2 rings (SSSR count). The molecule has 0 spiro atoms. The first-order valence-electron chi connectivity index (χ1n) is 6.30. The maximum atomic E-state index is 14.3. The zero-order chi connectivity index (χ0) is 13.2. The number of nitrogens with two attached hydrogens (primary N) is 1. The summed E-state index contributed by atoms with van der Waals surface area (Å²) in [7, 11) is 1.62. The lowest BCUT2D eigenvalue weighted by Crippen LogP contribution is -2.33. The molecule has 100 valence electrons. The van der Waals surface area contributed by atoms with E-state index < -0.39 is 0 Å². The van der Waals surface area contributed by atoms with Crippen LogP contribution in [0.3, 0.4) is 0 Å². The lowest BCUT2D eigenvalue weighted by Gasteiger charge is -2.29. The number of benzene rings is 1. The quantitative estimate of drug-likeness (QED) is 0.911. The lowest BCUT2D eigenvalue weighted by molar-refractivity contribution is 0.184. The maximum Gasteiger partial charge on any atom is 0.145 e. The minimum atomic E-state index is -0.316. The maximum absolute atomic E-state index is 14.3. The Hall–Kier alpha value is -0.640. The van der Waals surface area contributed by atoms with E-state index in [0.717, 1.165) is 31.2 Å². The van der Waals surface area contributed by atoms with Gasteiger partial charge >= 0.3 is 0 Å². The summed E-state index contributed by atoms with van der Waals surface area (Å²) in [5, 5.41) is 0.166. The number of rotatable bonds is 4. The van der Waals surface area contributed by atoms with Gasteiger partial charge in [0.15, 0.2) is 0 Å². The topological polar surface area (TPSA) is 35.2 Å². The first kappa shape index (κ1) is 13.8. The van der Waals surface area contributed by atoms with Crippen LogP contribution < -0.4 is 5.73 Å². The van der Waals surface area contributed by atoms with Crippen molar-refractivity contribution in [2.45, 2.75) is 37.7 Å². The SMILES string of the molecule is COCc1cc(Cl)c(F)c(C2(CN)CCCC2)c1. The Morgan fingerprint density at radius 3 is 2.61 bits per heavy atom. The fourth-order valence-corrected chi connectivity index (χ4v) is 3.16. The van der Waals surface area contributed by atoms with Gasteiger partial charge in [-0.1, -0.05) is 24.4 Å². The van der Waals surface area contributed by atoms with E-state index >= 15 is 0 Å². The molecule has 0 amide bonds. The van der Waals surface area contributed by atoms with E-state index in [0.29, 0.717) is 18.7 Å². The molecule has 0 saturated heterocycles. The predicted octanol–water partition coefficient (Wildman–Crippen LogP) is 3.40. The molecule has 0 bridgehead atoms. The summed E-state index contributed by atoms with van der Waals surface area (Å²) in [6, 6.07) is 3.49. The molecule has 0 unspecified atom stereocenters. The molecule has 2 N–H and O–H groups in total. The summed E-state index contributed by atoms with van der Waals surface area (Å²) < 4.78 is 19.4. The van der Waals surface area contributed by atoms with Crippen molar-refractivity contribution in [1.29, 1.82) is 0 Å². The summed E-state index contributed by atoms with van der Waals surface area (Å²) in [6.07, 6.45) is 4.08. The van der Waals surface area contributed by atoms with Crippen LogP contribution >= 0.6 is 11.6 Å². The smallest absolute Gasteiger partial charge is 0.145 e. The van der Waals surface area contributed by atoms with E-state index in [1.54, 1.807) is 13.2 Å². The summed E-state index contributed by atoms with van der Waals surface area (Å²) >= 11 is 5.98. The highest BCUT2D eigenvalue weighted by Gasteiger charge is 2.37. The van der Waals surface area contributed by atoms with Crippen molar-refractivity contribution in [1.82, 2.24) is 0 Å². The van der Waals surface area contributed by atoms with E-state index in [2.05, 4.69) is 0 Å². The van der Waals surface area contributed by atoms with Crippen LogP contribution in [0.4, 0.5) is 4.39 Å². The van der Waals surface area contributed by atoms with Crippen molar-refractivity contribution in [3.63, 3.8) is 0 Å². The largest absolute Gasteiger partial charge is 0.380 e. The van der Waals surface area contributed by atoms with Crippen LogP contribution in [-0.2, 0) is 16.8 Å². The second kappa shape index (κ2) is 5.55.